The van der Waals surface area contributed by atoms with E-state index in [1.54, 1.807) is 20.8 Å². The summed E-state index contributed by atoms with van der Waals surface area (Å²) >= 11 is 0. The van der Waals surface area contributed by atoms with E-state index >= 15 is 0 Å². The van der Waals surface area contributed by atoms with Crippen molar-refractivity contribution < 1.29 is 30.4 Å². The summed E-state index contributed by atoms with van der Waals surface area (Å²) in [4.78, 5) is 5.20. The molecule has 35 heavy (non-hydrogen) atoms. The fourth-order valence-corrected chi connectivity index (χ4v) is 7.92. The summed E-state index contributed by atoms with van der Waals surface area (Å²) in [7, 11) is 1.53. The van der Waals surface area contributed by atoms with Crippen LogP contribution in [0.15, 0.2) is 28.5 Å². The maximum absolute atomic E-state index is 11.6. The summed E-state index contributed by atoms with van der Waals surface area (Å²) in [5.74, 6) is 0.0629. The minimum atomic E-state index is -1.30. The first-order chi connectivity index (χ1) is 16.1. The summed E-state index contributed by atoms with van der Waals surface area (Å²) in [6.45, 7) is 9.59. The van der Waals surface area contributed by atoms with Crippen LogP contribution >= 0.6 is 0 Å². The maximum atomic E-state index is 11.6. The largest absolute Gasteiger partial charge is 0.399 e. The van der Waals surface area contributed by atoms with Crippen LogP contribution in [0.25, 0.3) is 0 Å². The highest BCUT2D eigenvalue weighted by Crippen LogP contribution is 2.65. The number of oxime groups is 1. The van der Waals surface area contributed by atoms with Crippen LogP contribution in [0, 0.1) is 28.6 Å². The molecule has 0 bridgehead atoms. The normalized spacial score (nSPS) is 42.8. The molecule has 9 atom stereocenters. The second kappa shape index (κ2) is 8.95. The van der Waals surface area contributed by atoms with Crippen LogP contribution in [0.5, 0.6) is 0 Å². The minimum absolute atomic E-state index is 0.00326. The third kappa shape index (κ3) is 4.42. The van der Waals surface area contributed by atoms with Crippen molar-refractivity contribution in [2.75, 3.05) is 7.11 Å². The van der Waals surface area contributed by atoms with E-state index in [1.807, 2.05) is 0 Å². The van der Waals surface area contributed by atoms with Crippen LogP contribution in [0.3, 0.4) is 0 Å². The van der Waals surface area contributed by atoms with Gasteiger partial charge in [0, 0.05) is 11.8 Å². The van der Waals surface area contributed by atoms with Gasteiger partial charge >= 0.3 is 0 Å². The highest BCUT2D eigenvalue weighted by Gasteiger charge is 2.60. The van der Waals surface area contributed by atoms with Crippen molar-refractivity contribution in [3.05, 3.63) is 23.3 Å². The molecule has 5 N–H and O–H groups in total. The number of hydrogen-bond acceptors (Lipinski definition) is 7. The second-order valence-electron chi connectivity index (χ2n) is 12.9. The Balaban J connectivity index is 1.67. The highest BCUT2D eigenvalue weighted by atomic mass is 16.6. The van der Waals surface area contributed by atoms with Crippen LogP contribution in [-0.4, -0.2) is 67.9 Å². The molecular weight excluding hydrogens is 446 g/mol. The van der Waals surface area contributed by atoms with Crippen molar-refractivity contribution in [3.63, 3.8) is 0 Å². The van der Waals surface area contributed by atoms with E-state index in [1.165, 1.54) is 18.3 Å². The Hall–Kier alpha value is -1.25. The van der Waals surface area contributed by atoms with E-state index in [0.717, 1.165) is 18.6 Å². The Kier molecular flexibility index (Phi) is 6.85. The van der Waals surface area contributed by atoms with Gasteiger partial charge < -0.3 is 30.4 Å². The predicted molar refractivity (Wildman–Crippen MR) is 135 cm³/mol. The minimum Gasteiger partial charge on any atom is -0.399 e. The van der Waals surface area contributed by atoms with Gasteiger partial charge in [-0.1, -0.05) is 25.1 Å². The quantitative estimate of drug-likeness (QED) is 0.364. The molecule has 0 aromatic carbocycles. The lowest BCUT2D eigenvalue weighted by molar-refractivity contribution is -0.134. The zero-order valence-electron chi connectivity index (χ0n) is 22.2. The van der Waals surface area contributed by atoms with Crippen molar-refractivity contribution in [1.29, 1.82) is 0 Å². The molecule has 4 rings (SSSR count). The molecule has 2 saturated carbocycles. The zero-order chi connectivity index (χ0) is 26.0. The monoisotopic (exact) mass is 491 g/mol. The highest BCUT2D eigenvalue weighted by molar-refractivity contribution is 5.99. The van der Waals surface area contributed by atoms with Gasteiger partial charge in [-0.2, -0.15) is 0 Å². The molecule has 0 aliphatic heterocycles. The van der Waals surface area contributed by atoms with Crippen LogP contribution in [-0.2, 0) is 4.84 Å². The molecule has 0 radical (unpaired) electrons. The lowest BCUT2D eigenvalue weighted by atomic mass is 9.47. The van der Waals surface area contributed by atoms with E-state index in [9.17, 15) is 25.5 Å². The number of rotatable bonds is 6. The zero-order valence-corrected chi connectivity index (χ0v) is 22.2. The summed E-state index contributed by atoms with van der Waals surface area (Å²) < 4.78 is 0. The van der Waals surface area contributed by atoms with Crippen LogP contribution in [0.4, 0.5) is 0 Å². The molecule has 4 aliphatic carbocycles. The lowest BCUT2D eigenvalue weighted by Gasteiger charge is -2.57. The van der Waals surface area contributed by atoms with Crippen LogP contribution in [0.1, 0.15) is 79.6 Å². The standard InChI is InChI=1S/C28H45NO6/c1-25(2,33)11-10-24(32)28(5,34)23-8-7-17-16-13-20(29-35-6)19-14-21(30)22(31)15-27(19,4)18(16)9-12-26(17,23)3/h7,13,18-19,21-24,30-34H,8-12,14-15H2,1-6H3/b29-20+/t18?,19-,21+,22-,23?,24+,26-,27+,28+/m0/s1. The van der Waals surface area contributed by atoms with Crippen LogP contribution in [0.2, 0.25) is 0 Å². The molecule has 7 nitrogen and oxygen atoms in total. The number of hydrogen-bond donors (Lipinski definition) is 5. The summed E-state index contributed by atoms with van der Waals surface area (Å²) in [5.41, 5.74) is 0.440. The number of aliphatic hydroxyl groups is 5. The molecule has 4 aliphatic rings. The third-order valence-corrected chi connectivity index (χ3v) is 10.0. The first-order valence-electron chi connectivity index (χ1n) is 13.2. The molecule has 0 aromatic heterocycles. The smallest absolute Gasteiger partial charge is 0.106 e. The molecule has 2 unspecified atom stereocenters. The van der Waals surface area contributed by atoms with Gasteiger partial charge in [0.2, 0.25) is 0 Å². The first-order valence-corrected chi connectivity index (χ1v) is 13.2. The molecule has 0 amide bonds. The molecule has 7 heteroatoms. The number of aliphatic hydroxyl groups excluding tert-OH is 3. The van der Waals surface area contributed by atoms with Crippen molar-refractivity contribution in [3.8, 4) is 0 Å². The van der Waals surface area contributed by atoms with Gasteiger partial charge in [0.1, 0.15) is 7.11 Å². The van der Waals surface area contributed by atoms with Gasteiger partial charge in [0.15, 0.2) is 0 Å². The van der Waals surface area contributed by atoms with E-state index < -0.39 is 29.5 Å². The third-order valence-electron chi connectivity index (χ3n) is 10.0. The summed E-state index contributed by atoms with van der Waals surface area (Å²) in [6, 6.07) is 0. The van der Waals surface area contributed by atoms with Crippen molar-refractivity contribution in [2.45, 2.75) is 109 Å². The average molecular weight is 492 g/mol. The Morgan fingerprint density at radius 1 is 1.14 bits per heavy atom. The van der Waals surface area contributed by atoms with Crippen molar-refractivity contribution in [1.82, 2.24) is 0 Å². The molecular formula is C28H45NO6. The van der Waals surface area contributed by atoms with E-state index in [0.29, 0.717) is 32.1 Å². The number of nitrogens with zero attached hydrogens (tertiary/aromatic N) is 1. The van der Waals surface area contributed by atoms with E-state index in [4.69, 9.17) is 4.84 Å². The lowest BCUT2D eigenvalue weighted by Crippen LogP contribution is -2.56. The van der Waals surface area contributed by atoms with Gasteiger partial charge in [-0.15, -0.1) is 0 Å². The fraction of sp³-hybridized carbons (Fsp3) is 0.821. The topological polar surface area (TPSA) is 123 Å². The van der Waals surface area contributed by atoms with Gasteiger partial charge in [-0.25, -0.2) is 0 Å². The molecule has 2 fully saturated rings. The van der Waals surface area contributed by atoms with Gasteiger partial charge in [0.05, 0.1) is 35.2 Å². The first kappa shape index (κ1) is 26.8. The molecule has 0 heterocycles. The van der Waals surface area contributed by atoms with Crippen LogP contribution < -0.4 is 0 Å². The second-order valence-corrected chi connectivity index (χ2v) is 12.9. The SMILES string of the molecule is CO/N=C1\C=C2C3=CCC([C@@](C)(O)[C@H](O)CCC(C)(C)O)[C@@]3(C)CCC2[C@@]2(C)C[C@H](O)[C@H](O)C[C@@H]12. The number of fused-ring (bicyclic) bond motifs is 5. The van der Waals surface area contributed by atoms with Gasteiger partial charge in [0.25, 0.3) is 0 Å². The Bertz CT molecular complexity index is 917. The van der Waals surface area contributed by atoms with Crippen molar-refractivity contribution >= 4 is 5.71 Å². The number of allylic oxidation sites excluding steroid dienone is 4. The molecule has 198 valence electrons. The van der Waals surface area contributed by atoms with E-state index in [2.05, 4.69) is 31.2 Å². The fourth-order valence-electron chi connectivity index (χ4n) is 7.92. The Labute approximate surface area is 209 Å². The van der Waals surface area contributed by atoms with Gasteiger partial charge in [-0.05, 0) is 99.7 Å². The maximum Gasteiger partial charge on any atom is 0.106 e. The predicted octanol–water partition coefficient (Wildman–Crippen LogP) is 3.09. The van der Waals surface area contributed by atoms with Gasteiger partial charge in [-0.3, -0.25) is 0 Å². The Morgan fingerprint density at radius 3 is 2.46 bits per heavy atom. The Morgan fingerprint density at radius 2 is 1.83 bits per heavy atom. The molecule has 0 saturated heterocycles. The molecule has 0 spiro atoms. The average Bonchev–Trinajstić information content (AvgIpc) is 3.11. The van der Waals surface area contributed by atoms with E-state index in [-0.39, 0.29) is 28.6 Å². The summed E-state index contributed by atoms with van der Waals surface area (Å²) in [6.07, 6.45) is 6.02. The van der Waals surface area contributed by atoms with Crippen molar-refractivity contribution in [2.24, 2.45) is 33.7 Å². The molecule has 0 aromatic rings. The summed E-state index contributed by atoms with van der Waals surface area (Å²) in [5, 5.41) is 58.2.